The van der Waals surface area contributed by atoms with E-state index in [1.165, 1.54) is 0 Å². The van der Waals surface area contributed by atoms with E-state index in [-0.39, 0.29) is 24.1 Å². The molecule has 3 amide bonds. The number of hydrogen-bond donors (Lipinski definition) is 5. The van der Waals surface area contributed by atoms with Crippen LogP contribution in [0.15, 0.2) is 48.5 Å². The van der Waals surface area contributed by atoms with Crippen LogP contribution in [0.1, 0.15) is 6.42 Å². The van der Waals surface area contributed by atoms with Gasteiger partial charge in [0.15, 0.2) is 6.29 Å². The fourth-order valence-electron chi connectivity index (χ4n) is 3.67. The summed E-state index contributed by atoms with van der Waals surface area (Å²) in [6.45, 7) is 0. The van der Waals surface area contributed by atoms with E-state index >= 15 is 0 Å². The summed E-state index contributed by atoms with van der Waals surface area (Å²) in [6, 6.07) is 13.8. The molecule has 30 heavy (non-hydrogen) atoms. The van der Waals surface area contributed by atoms with Crippen LogP contribution in [0.4, 0.5) is 11.4 Å². The van der Waals surface area contributed by atoms with Gasteiger partial charge in [-0.25, -0.2) is 0 Å². The van der Waals surface area contributed by atoms with E-state index in [9.17, 15) is 14.4 Å². The van der Waals surface area contributed by atoms with Gasteiger partial charge in [0, 0.05) is 17.1 Å². The number of nitrogens with one attached hydrogen (secondary N) is 5. The van der Waals surface area contributed by atoms with Crippen molar-refractivity contribution >= 4 is 52.3 Å². The highest BCUT2D eigenvalue weighted by molar-refractivity contribution is 6.36. The maximum atomic E-state index is 12.9. The Hall–Kier alpha value is -2.81. The van der Waals surface area contributed by atoms with Crippen molar-refractivity contribution in [1.29, 1.82) is 0 Å². The Morgan fingerprint density at radius 2 is 1.80 bits per heavy atom. The molecule has 2 aromatic rings. The first-order chi connectivity index (χ1) is 14.4. The van der Waals surface area contributed by atoms with Crippen LogP contribution < -0.4 is 26.6 Å². The van der Waals surface area contributed by atoms with Gasteiger partial charge in [0.25, 0.3) is 0 Å². The molecule has 0 radical (unpaired) electrons. The summed E-state index contributed by atoms with van der Waals surface area (Å²) < 4.78 is 0. The molecule has 0 bridgehead atoms. The van der Waals surface area contributed by atoms with Crippen molar-refractivity contribution in [2.45, 2.75) is 18.9 Å². The molecule has 4 unspecified atom stereocenters. The number of fused-ring (bicyclic) bond motifs is 1. The highest BCUT2D eigenvalue weighted by Gasteiger charge is 2.48. The van der Waals surface area contributed by atoms with Gasteiger partial charge in [0.2, 0.25) is 17.7 Å². The molecular weight excluding hydrogens is 429 g/mol. The third-order valence-corrected chi connectivity index (χ3v) is 5.61. The van der Waals surface area contributed by atoms with Crippen LogP contribution in [0.3, 0.4) is 0 Å². The van der Waals surface area contributed by atoms with E-state index < -0.39 is 24.3 Å². The molecule has 156 valence electrons. The van der Waals surface area contributed by atoms with Gasteiger partial charge in [-0.3, -0.25) is 19.7 Å². The summed E-state index contributed by atoms with van der Waals surface area (Å²) in [7, 11) is 0. The van der Waals surface area contributed by atoms with Crippen LogP contribution in [0, 0.1) is 11.8 Å². The maximum absolute atomic E-state index is 12.9. The molecule has 0 spiro atoms. The molecule has 4 atom stereocenters. The SMILES string of the molecule is O=C1CC(C(=O)Nc2ccccc2)C2C(=O)NC(Nc3ccc(Cl)cc3Cl)NC2N1. The van der Waals surface area contributed by atoms with Crippen molar-refractivity contribution in [1.82, 2.24) is 16.0 Å². The normalized spacial score (nSPS) is 25.5. The van der Waals surface area contributed by atoms with Crippen molar-refractivity contribution in [3.63, 3.8) is 0 Å². The number of amides is 3. The van der Waals surface area contributed by atoms with E-state index in [4.69, 9.17) is 23.2 Å². The smallest absolute Gasteiger partial charge is 0.229 e. The standard InChI is InChI=1S/C20H19Cl2N5O3/c21-10-6-7-14(13(22)8-10)24-20-26-17-16(19(30)27-20)12(9-15(28)25-17)18(29)23-11-4-2-1-3-5-11/h1-8,12,16-17,20,24,26H,9H2,(H,23,29)(H,25,28)(H,27,30). The Morgan fingerprint density at radius 3 is 2.53 bits per heavy atom. The third-order valence-electron chi connectivity index (χ3n) is 5.06. The van der Waals surface area contributed by atoms with Crippen molar-refractivity contribution in [2.24, 2.45) is 11.8 Å². The maximum Gasteiger partial charge on any atom is 0.229 e. The van der Waals surface area contributed by atoms with E-state index in [0.717, 1.165) is 0 Å². The van der Waals surface area contributed by atoms with Crippen LogP contribution in [0.5, 0.6) is 0 Å². The molecule has 0 saturated carbocycles. The van der Waals surface area contributed by atoms with E-state index in [2.05, 4.69) is 26.6 Å². The van der Waals surface area contributed by atoms with Gasteiger partial charge in [-0.1, -0.05) is 41.4 Å². The van der Waals surface area contributed by atoms with E-state index in [1.807, 2.05) is 6.07 Å². The van der Waals surface area contributed by atoms with Crippen molar-refractivity contribution in [3.8, 4) is 0 Å². The molecule has 2 heterocycles. The fourth-order valence-corrected chi connectivity index (χ4v) is 4.14. The molecule has 2 saturated heterocycles. The lowest BCUT2D eigenvalue weighted by Crippen LogP contribution is -2.72. The molecule has 0 aromatic heterocycles. The number of carbonyl (C=O) groups excluding carboxylic acids is 3. The lowest BCUT2D eigenvalue weighted by atomic mass is 9.81. The summed E-state index contributed by atoms with van der Waals surface area (Å²) in [5.41, 5.74) is 1.16. The van der Waals surface area contributed by atoms with Gasteiger partial charge >= 0.3 is 0 Å². The monoisotopic (exact) mass is 447 g/mol. The molecule has 8 nitrogen and oxygen atoms in total. The molecule has 4 rings (SSSR count). The number of para-hydroxylation sites is 1. The highest BCUT2D eigenvalue weighted by Crippen LogP contribution is 2.29. The molecule has 2 aliphatic rings. The van der Waals surface area contributed by atoms with Crippen LogP contribution in [0.25, 0.3) is 0 Å². The van der Waals surface area contributed by atoms with Crippen molar-refractivity contribution in [2.75, 3.05) is 10.6 Å². The van der Waals surface area contributed by atoms with E-state index in [1.54, 1.807) is 42.5 Å². The van der Waals surface area contributed by atoms with E-state index in [0.29, 0.717) is 21.4 Å². The minimum absolute atomic E-state index is 0.0734. The number of rotatable bonds is 4. The molecule has 2 aliphatic heterocycles. The van der Waals surface area contributed by atoms with Gasteiger partial charge in [-0.05, 0) is 30.3 Å². The Labute approximate surface area is 182 Å². The average molecular weight is 448 g/mol. The Morgan fingerprint density at radius 1 is 1.03 bits per heavy atom. The van der Waals surface area contributed by atoms with Gasteiger partial charge in [0.1, 0.15) is 0 Å². The topological polar surface area (TPSA) is 111 Å². The summed E-state index contributed by atoms with van der Waals surface area (Å²) >= 11 is 12.1. The quantitative estimate of drug-likeness (QED) is 0.492. The molecule has 10 heteroatoms. The van der Waals surface area contributed by atoms with Crippen LogP contribution >= 0.6 is 23.2 Å². The Balaban J connectivity index is 1.49. The molecule has 5 N–H and O–H groups in total. The zero-order chi connectivity index (χ0) is 21.3. The van der Waals surface area contributed by atoms with Crippen molar-refractivity contribution < 1.29 is 14.4 Å². The second-order valence-electron chi connectivity index (χ2n) is 7.11. The first-order valence-electron chi connectivity index (χ1n) is 9.34. The minimum atomic E-state index is -0.809. The number of anilines is 2. The largest absolute Gasteiger partial charge is 0.352 e. The lowest BCUT2D eigenvalue weighted by Gasteiger charge is -2.43. The molecule has 2 fully saturated rings. The number of benzene rings is 2. The first-order valence-corrected chi connectivity index (χ1v) is 10.1. The predicted octanol–water partition coefficient (Wildman–Crippen LogP) is 2.13. The van der Waals surface area contributed by atoms with Crippen LogP contribution in [-0.4, -0.2) is 30.2 Å². The zero-order valence-electron chi connectivity index (χ0n) is 15.6. The number of carbonyl (C=O) groups is 3. The fraction of sp³-hybridized carbons (Fsp3) is 0.250. The van der Waals surface area contributed by atoms with Crippen LogP contribution in [0.2, 0.25) is 10.0 Å². The summed E-state index contributed by atoms with van der Waals surface area (Å²) in [6.07, 6.45) is -1.49. The zero-order valence-corrected chi connectivity index (χ0v) is 17.1. The predicted molar refractivity (Wildman–Crippen MR) is 114 cm³/mol. The molecular formula is C20H19Cl2N5O3. The second kappa shape index (κ2) is 8.51. The van der Waals surface area contributed by atoms with Crippen LogP contribution in [-0.2, 0) is 14.4 Å². The number of hydrogen-bond acceptors (Lipinski definition) is 5. The summed E-state index contributed by atoms with van der Waals surface area (Å²) in [5.74, 6) is -2.61. The van der Waals surface area contributed by atoms with Gasteiger partial charge < -0.3 is 21.3 Å². The van der Waals surface area contributed by atoms with Gasteiger partial charge in [-0.15, -0.1) is 0 Å². The average Bonchev–Trinajstić information content (AvgIpc) is 2.70. The highest BCUT2D eigenvalue weighted by atomic mass is 35.5. The van der Waals surface area contributed by atoms with Crippen molar-refractivity contribution in [3.05, 3.63) is 58.6 Å². The molecule has 2 aromatic carbocycles. The number of piperidine rings is 1. The summed E-state index contributed by atoms with van der Waals surface area (Å²) in [4.78, 5) is 37.9. The minimum Gasteiger partial charge on any atom is -0.352 e. The first kappa shape index (κ1) is 20.5. The summed E-state index contributed by atoms with van der Waals surface area (Å²) in [5, 5.41) is 15.3. The Bertz CT molecular complexity index is 988. The van der Waals surface area contributed by atoms with Gasteiger partial charge in [0.05, 0.1) is 28.7 Å². The lowest BCUT2D eigenvalue weighted by molar-refractivity contribution is -0.144. The third kappa shape index (κ3) is 4.35. The number of halogens is 2. The second-order valence-corrected chi connectivity index (χ2v) is 7.96. The Kier molecular flexibility index (Phi) is 5.80. The molecule has 0 aliphatic carbocycles. The van der Waals surface area contributed by atoms with Gasteiger partial charge in [-0.2, -0.15) is 0 Å².